The van der Waals surface area contributed by atoms with Gasteiger partial charge in [-0.1, -0.05) is 28.1 Å². The molecule has 0 spiro atoms. The van der Waals surface area contributed by atoms with E-state index in [9.17, 15) is 9.90 Å². The molecule has 4 aliphatic rings. The summed E-state index contributed by atoms with van der Waals surface area (Å²) in [5, 5.41) is 10.0. The van der Waals surface area contributed by atoms with Crippen LogP contribution in [0, 0.1) is 0 Å². The quantitative estimate of drug-likeness (QED) is 0.391. The van der Waals surface area contributed by atoms with E-state index in [4.69, 9.17) is 0 Å². The Bertz CT molecular complexity index is 1220. The number of fused-ring (bicyclic) bond motifs is 10. The Kier molecular flexibility index (Phi) is 3.77. The Morgan fingerprint density at radius 1 is 0.903 bits per heavy atom. The molecular formula is C26H25BrN2O2. The fourth-order valence-corrected chi connectivity index (χ4v) is 7.74. The van der Waals surface area contributed by atoms with Gasteiger partial charge in [0.05, 0.1) is 5.92 Å². The number of carboxylic acids is 1. The molecule has 4 nitrogen and oxygen atoms in total. The maximum absolute atomic E-state index is 12.2. The van der Waals surface area contributed by atoms with Gasteiger partial charge in [0.25, 0.3) is 0 Å². The predicted molar refractivity (Wildman–Crippen MR) is 122 cm³/mol. The van der Waals surface area contributed by atoms with Crippen molar-refractivity contribution in [1.29, 1.82) is 0 Å². The SMILES string of the molecule is O=C(O)c1[nH]c(C(c2ccc(Br)cc2)c2[nH]cc3c2C2CCC3C2)c2c1C1CCC2C1. The lowest BCUT2D eigenvalue weighted by atomic mass is 9.81. The lowest BCUT2D eigenvalue weighted by Crippen LogP contribution is -2.12. The molecular weight excluding hydrogens is 452 g/mol. The van der Waals surface area contributed by atoms with Gasteiger partial charge in [0.15, 0.2) is 0 Å². The summed E-state index contributed by atoms with van der Waals surface area (Å²) in [7, 11) is 0. The molecule has 0 amide bonds. The minimum Gasteiger partial charge on any atom is -0.477 e. The number of carboxylic acid groups (broad SMARTS) is 1. The van der Waals surface area contributed by atoms with Crippen LogP contribution in [0.15, 0.2) is 34.9 Å². The summed E-state index contributed by atoms with van der Waals surface area (Å²) in [5.41, 5.74) is 9.51. The van der Waals surface area contributed by atoms with Gasteiger partial charge in [-0.2, -0.15) is 0 Å². The highest BCUT2D eigenvalue weighted by molar-refractivity contribution is 9.10. The zero-order chi connectivity index (χ0) is 20.9. The fraction of sp³-hybridized carbons (Fsp3) is 0.423. The molecule has 4 aliphatic carbocycles. The van der Waals surface area contributed by atoms with Crippen molar-refractivity contribution in [2.75, 3.05) is 0 Å². The van der Waals surface area contributed by atoms with E-state index in [0.29, 0.717) is 29.4 Å². The van der Waals surface area contributed by atoms with Crippen LogP contribution >= 0.6 is 15.9 Å². The van der Waals surface area contributed by atoms with E-state index in [1.165, 1.54) is 53.6 Å². The first-order chi connectivity index (χ1) is 15.1. The van der Waals surface area contributed by atoms with Crippen molar-refractivity contribution in [2.45, 2.75) is 68.1 Å². The molecule has 5 heteroatoms. The van der Waals surface area contributed by atoms with Crippen LogP contribution in [-0.2, 0) is 0 Å². The minimum absolute atomic E-state index is 0.0254. The molecule has 2 aromatic heterocycles. The average Bonchev–Trinajstić information content (AvgIpc) is 3.56. The van der Waals surface area contributed by atoms with Gasteiger partial charge in [-0.3, -0.25) is 0 Å². The summed E-state index contributed by atoms with van der Waals surface area (Å²) in [5.74, 6) is 1.47. The molecule has 0 aliphatic heterocycles. The van der Waals surface area contributed by atoms with Crippen molar-refractivity contribution >= 4 is 21.9 Å². The van der Waals surface area contributed by atoms with Crippen LogP contribution in [0.25, 0.3) is 0 Å². The number of aromatic carboxylic acids is 1. The van der Waals surface area contributed by atoms with E-state index in [-0.39, 0.29) is 5.92 Å². The number of hydrogen-bond acceptors (Lipinski definition) is 1. The van der Waals surface area contributed by atoms with Crippen LogP contribution in [0.1, 0.15) is 118 Å². The monoisotopic (exact) mass is 476 g/mol. The van der Waals surface area contributed by atoms with Crippen molar-refractivity contribution in [1.82, 2.24) is 9.97 Å². The van der Waals surface area contributed by atoms with E-state index in [2.05, 4.69) is 56.4 Å². The summed E-state index contributed by atoms with van der Waals surface area (Å²) in [6.45, 7) is 0. The number of rotatable bonds is 4. The van der Waals surface area contributed by atoms with Crippen molar-refractivity contribution in [3.63, 3.8) is 0 Å². The van der Waals surface area contributed by atoms with Gasteiger partial charge in [-0.05, 0) is 102 Å². The van der Waals surface area contributed by atoms with Crippen LogP contribution in [0.5, 0.6) is 0 Å². The number of nitrogens with one attached hydrogen (secondary N) is 2. The van der Waals surface area contributed by atoms with Gasteiger partial charge in [0, 0.05) is 22.1 Å². The Balaban J connectivity index is 1.47. The first-order valence-electron chi connectivity index (χ1n) is 11.6. The summed E-state index contributed by atoms with van der Waals surface area (Å²) in [6, 6.07) is 8.59. The van der Waals surface area contributed by atoms with E-state index >= 15 is 0 Å². The molecule has 2 heterocycles. The van der Waals surface area contributed by atoms with Gasteiger partial charge in [0.1, 0.15) is 5.69 Å². The van der Waals surface area contributed by atoms with Crippen LogP contribution in [0.4, 0.5) is 0 Å². The van der Waals surface area contributed by atoms with Crippen molar-refractivity contribution < 1.29 is 9.90 Å². The normalized spacial score (nSPS) is 28.2. The second kappa shape index (κ2) is 6.38. The molecule has 1 aromatic carbocycles. The number of hydrogen-bond donors (Lipinski definition) is 3. The van der Waals surface area contributed by atoms with Crippen LogP contribution in [0.3, 0.4) is 0 Å². The van der Waals surface area contributed by atoms with Crippen LogP contribution < -0.4 is 0 Å². The third kappa shape index (κ3) is 2.44. The Labute approximate surface area is 189 Å². The smallest absolute Gasteiger partial charge is 0.352 e. The number of aromatic amines is 2. The molecule has 2 fully saturated rings. The second-order valence-corrected chi connectivity index (χ2v) is 10.9. The zero-order valence-electron chi connectivity index (χ0n) is 17.2. The maximum Gasteiger partial charge on any atom is 0.352 e. The van der Waals surface area contributed by atoms with E-state index < -0.39 is 5.97 Å². The molecule has 2 saturated carbocycles. The molecule has 31 heavy (non-hydrogen) atoms. The minimum atomic E-state index is -0.819. The van der Waals surface area contributed by atoms with Gasteiger partial charge in [-0.25, -0.2) is 4.79 Å². The summed E-state index contributed by atoms with van der Waals surface area (Å²) in [6.07, 6.45) is 9.54. The Morgan fingerprint density at radius 3 is 2.29 bits per heavy atom. The number of aromatic nitrogens is 2. The van der Waals surface area contributed by atoms with Crippen molar-refractivity contribution in [2.24, 2.45) is 0 Å². The third-order valence-corrected chi connectivity index (χ3v) is 9.15. The molecule has 0 radical (unpaired) electrons. The summed E-state index contributed by atoms with van der Waals surface area (Å²) in [4.78, 5) is 19.3. The van der Waals surface area contributed by atoms with E-state index in [1.807, 2.05) is 0 Å². The average molecular weight is 477 g/mol. The number of halogens is 1. The molecule has 5 atom stereocenters. The molecule has 0 saturated heterocycles. The lowest BCUT2D eigenvalue weighted by molar-refractivity contribution is 0.0689. The van der Waals surface area contributed by atoms with Crippen molar-refractivity contribution in [3.8, 4) is 0 Å². The van der Waals surface area contributed by atoms with Crippen LogP contribution in [-0.4, -0.2) is 21.0 Å². The largest absolute Gasteiger partial charge is 0.477 e. The number of benzene rings is 1. The van der Waals surface area contributed by atoms with Gasteiger partial charge in [-0.15, -0.1) is 0 Å². The molecule has 3 aromatic rings. The molecule has 158 valence electrons. The Hall–Kier alpha value is -2.27. The topological polar surface area (TPSA) is 68.9 Å². The highest BCUT2D eigenvalue weighted by Crippen LogP contribution is 2.59. The molecule has 3 N–H and O–H groups in total. The third-order valence-electron chi connectivity index (χ3n) is 8.62. The standard InChI is InChI=1S/C26H25BrN2O2/c27-17-7-5-12(6-8-17)22(23-19-14-2-1-13(9-14)18(19)11-28-23)24-20-15-3-4-16(10-15)21(20)25(29-24)26(30)31/h5-8,11,13-16,22,28-29H,1-4,9-10H2,(H,30,31). The van der Waals surface area contributed by atoms with Gasteiger partial charge in [0.2, 0.25) is 0 Å². The van der Waals surface area contributed by atoms with E-state index in [1.54, 1.807) is 0 Å². The molecule has 4 bridgehead atoms. The lowest BCUT2D eigenvalue weighted by Gasteiger charge is -2.23. The number of carbonyl (C=O) groups is 1. The number of H-pyrrole nitrogens is 2. The molecule has 5 unspecified atom stereocenters. The predicted octanol–water partition coefficient (Wildman–Crippen LogP) is 6.71. The molecule has 7 rings (SSSR count). The first-order valence-corrected chi connectivity index (χ1v) is 12.3. The first kappa shape index (κ1) is 18.3. The maximum atomic E-state index is 12.2. The highest BCUT2D eigenvalue weighted by Gasteiger charge is 2.46. The van der Waals surface area contributed by atoms with Gasteiger partial charge < -0.3 is 15.1 Å². The van der Waals surface area contributed by atoms with E-state index in [0.717, 1.165) is 28.6 Å². The second-order valence-electron chi connectivity index (χ2n) is 10.0. The zero-order valence-corrected chi connectivity index (χ0v) is 18.8. The summed E-state index contributed by atoms with van der Waals surface area (Å²) >= 11 is 3.58. The highest BCUT2D eigenvalue weighted by atomic mass is 79.9. The van der Waals surface area contributed by atoms with Crippen LogP contribution in [0.2, 0.25) is 0 Å². The van der Waals surface area contributed by atoms with Gasteiger partial charge >= 0.3 is 5.97 Å². The fourth-order valence-electron chi connectivity index (χ4n) is 7.47. The van der Waals surface area contributed by atoms with Crippen molar-refractivity contribution in [3.05, 3.63) is 79.8 Å². The Morgan fingerprint density at radius 2 is 1.55 bits per heavy atom. The summed E-state index contributed by atoms with van der Waals surface area (Å²) < 4.78 is 1.06.